The topological polar surface area (TPSA) is 281 Å². The van der Waals surface area contributed by atoms with Gasteiger partial charge in [0.05, 0.1) is 42.9 Å². The van der Waals surface area contributed by atoms with E-state index >= 15 is 0 Å². The molecule has 0 saturated heterocycles. The molecule has 8 N–H and O–H groups in total. The van der Waals surface area contributed by atoms with Gasteiger partial charge in [0.1, 0.15) is 42.7 Å². The molecule has 55 heavy (non-hydrogen) atoms. The Morgan fingerprint density at radius 1 is 0.945 bits per heavy atom. The van der Waals surface area contributed by atoms with Gasteiger partial charge in [0.2, 0.25) is 5.78 Å². The second-order valence-electron chi connectivity index (χ2n) is 13.8. The Kier molecular flexibility index (Phi) is 12.6. The minimum Gasteiger partial charge on any atom is -0.508 e. The van der Waals surface area contributed by atoms with Crippen molar-refractivity contribution in [1.82, 2.24) is 4.90 Å². The van der Waals surface area contributed by atoms with Crippen LogP contribution >= 0.6 is 0 Å². The van der Waals surface area contributed by atoms with Gasteiger partial charge in [-0.2, -0.15) is 0 Å². The molecule has 0 aromatic heterocycles. The van der Waals surface area contributed by atoms with E-state index in [0.717, 1.165) is 0 Å². The number of amides is 1. The first-order valence-electron chi connectivity index (χ1n) is 17.0. The number of rotatable bonds is 15. The van der Waals surface area contributed by atoms with Crippen molar-refractivity contribution in [3.8, 4) is 5.75 Å². The van der Waals surface area contributed by atoms with Crippen LogP contribution in [0.5, 0.6) is 5.75 Å². The number of primary amides is 1. The number of ether oxygens (including phenoxy) is 3. The van der Waals surface area contributed by atoms with E-state index in [1.807, 2.05) is 0 Å². The molecule has 1 aromatic rings. The summed E-state index contributed by atoms with van der Waals surface area (Å²) in [6.45, 7) is 6.31. The average molecular weight is 769 g/mol. The fraction of sp³-hybridized carbons (Fsp3) is 0.421. The Bertz CT molecular complexity index is 1880. The fourth-order valence-corrected chi connectivity index (χ4v) is 7.23. The Labute approximate surface area is 315 Å². The number of aliphatic hydroxyl groups excluding tert-OH is 3. The largest absolute Gasteiger partial charge is 0.508 e. The van der Waals surface area contributed by atoms with Crippen molar-refractivity contribution in [2.75, 3.05) is 33.9 Å². The van der Waals surface area contributed by atoms with Crippen LogP contribution in [-0.2, 0) is 43.0 Å². The highest BCUT2D eigenvalue weighted by Crippen LogP contribution is 2.56. The van der Waals surface area contributed by atoms with E-state index in [0.29, 0.717) is 0 Å². The second-order valence-corrected chi connectivity index (χ2v) is 13.8. The smallest absolute Gasteiger partial charge is 0.309 e. The summed E-state index contributed by atoms with van der Waals surface area (Å²) in [5.74, 6) is -12.6. The number of carbonyl (C=O) groups excluding carboxylic acids is 6. The van der Waals surface area contributed by atoms with Gasteiger partial charge in [-0.1, -0.05) is 43.4 Å². The average Bonchev–Trinajstić information content (AvgIpc) is 3.11. The first kappa shape index (κ1) is 42.1. The van der Waals surface area contributed by atoms with Crippen LogP contribution in [0.25, 0.3) is 11.8 Å². The van der Waals surface area contributed by atoms with Gasteiger partial charge in [0.25, 0.3) is 5.91 Å². The van der Waals surface area contributed by atoms with Gasteiger partial charge in [0, 0.05) is 17.1 Å². The lowest BCUT2D eigenvalue weighted by molar-refractivity contribution is -0.174. The molecule has 296 valence electrons. The summed E-state index contributed by atoms with van der Waals surface area (Å²) in [6.07, 6.45) is 2.60. The highest BCUT2D eigenvalue weighted by molar-refractivity contribution is 6.24. The van der Waals surface area contributed by atoms with Crippen LogP contribution in [0.1, 0.15) is 48.8 Å². The van der Waals surface area contributed by atoms with E-state index < -0.39 is 131 Å². The number of phenolic OH excluding ortho intramolecular Hbond substituents is 1. The van der Waals surface area contributed by atoms with Gasteiger partial charge >= 0.3 is 17.9 Å². The molecule has 0 heterocycles. The highest BCUT2D eigenvalue weighted by atomic mass is 16.6. The normalized spacial score (nSPS) is 24.9. The predicted molar refractivity (Wildman–Crippen MR) is 191 cm³/mol. The molecular weight excluding hydrogens is 724 g/mol. The summed E-state index contributed by atoms with van der Waals surface area (Å²) in [7, 11) is 2.82. The first-order valence-corrected chi connectivity index (χ1v) is 17.0. The molecule has 6 atom stereocenters. The Hall–Kier alpha value is -5.62. The third kappa shape index (κ3) is 7.82. The van der Waals surface area contributed by atoms with Gasteiger partial charge in [-0.15, -0.1) is 13.2 Å². The van der Waals surface area contributed by atoms with Crippen molar-refractivity contribution in [1.29, 1.82) is 0 Å². The first-order chi connectivity index (χ1) is 25.8. The molecule has 0 unspecified atom stereocenters. The van der Waals surface area contributed by atoms with E-state index in [4.69, 9.17) is 19.9 Å². The lowest BCUT2D eigenvalue weighted by Gasteiger charge is -2.53. The second kappa shape index (κ2) is 16.4. The molecule has 1 aromatic carbocycles. The number of fused-ring (bicyclic) bond motifs is 3. The summed E-state index contributed by atoms with van der Waals surface area (Å²) in [4.78, 5) is 77.3. The number of benzene rings is 1. The number of aliphatic hydroxyl groups is 5. The van der Waals surface area contributed by atoms with Gasteiger partial charge in [0.15, 0.2) is 17.0 Å². The van der Waals surface area contributed by atoms with Gasteiger partial charge in [-0.05, 0) is 25.6 Å². The maximum atomic E-state index is 14.2. The molecule has 17 nitrogen and oxygen atoms in total. The standard InChI is InChI=1S/C38H44N2O15/c1-6-9-21(41)53-15-37(51,16-54-22(42)10-7-2)17-55-23(43)12-8-11-19-13-14-20-18(3)24-26(31(45)25(20)30(19)44)34(48)38(52)28(32(24)46)29(40(4)5)33(47)27(35(38)49)36(39)50/h6-8,11,13-14,18,24,28-29,32,44-46,49,51-52H,1-2,9-10,12,15-17H2,3-5H3,(H2,39,50)/b11-8+/t18-,24+,28+,29-,32-,38-/m0/s1. The van der Waals surface area contributed by atoms with E-state index in [2.05, 4.69) is 13.2 Å². The van der Waals surface area contributed by atoms with Crippen LogP contribution in [0.15, 0.2) is 60.4 Å². The number of nitrogens with zero attached hydrogens (tertiary/aromatic N) is 1. The summed E-state index contributed by atoms with van der Waals surface area (Å²) in [5, 5.41) is 68.5. The fourth-order valence-electron chi connectivity index (χ4n) is 7.23. The van der Waals surface area contributed by atoms with Crippen molar-refractivity contribution in [2.24, 2.45) is 17.6 Å². The van der Waals surface area contributed by atoms with Crippen LogP contribution in [0.2, 0.25) is 0 Å². The highest BCUT2D eigenvalue weighted by Gasteiger charge is 2.68. The van der Waals surface area contributed by atoms with Crippen LogP contribution in [0.4, 0.5) is 0 Å². The number of nitrogens with two attached hydrogens (primary N) is 1. The maximum Gasteiger partial charge on any atom is 0.309 e. The SMILES string of the molecule is C=CCC(=O)OCC(O)(COC(=O)CC=C)COC(=O)C/C=C/c1ccc2c(c1O)C(O)=C1C(=O)[C@]3(O)C(O)=C(C(N)=O)C(=O)[C@@H](N(C)C)[C@@H]3[C@@H](O)[C@@H]1[C@H]2C. The molecule has 0 bridgehead atoms. The monoisotopic (exact) mass is 768 g/mol. The molecular formula is C38H44N2O15. The van der Waals surface area contributed by atoms with Crippen LogP contribution in [0.3, 0.4) is 0 Å². The third-order valence-electron chi connectivity index (χ3n) is 9.87. The van der Waals surface area contributed by atoms with E-state index in [1.54, 1.807) is 6.92 Å². The van der Waals surface area contributed by atoms with Crippen molar-refractivity contribution >= 4 is 47.2 Å². The van der Waals surface area contributed by atoms with Crippen LogP contribution in [-0.4, -0.2) is 128 Å². The summed E-state index contributed by atoms with van der Waals surface area (Å²) < 4.78 is 15.1. The van der Waals surface area contributed by atoms with Crippen molar-refractivity contribution in [3.05, 3.63) is 77.1 Å². The van der Waals surface area contributed by atoms with Crippen LogP contribution in [0, 0.1) is 11.8 Å². The van der Waals surface area contributed by atoms with Gasteiger partial charge in [-0.3, -0.25) is 33.7 Å². The number of likely N-dealkylation sites (N-methyl/N-ethyl adjacent to an activating group) is 1. The van der Waals surface area contributed by atoms with Crippen LogP contribution < -0.4 is 5.73 Å². The zero-order chi connectivity index (χ0) is 41.2. The Morgan fingerprint density at radius 2 is 1.47 bits per heavy atom. The number of carbonyl (C=O) groups is 6. The molecule has 1 amide bonds. The van der Waals surface area contributed by atoms with Gasteiger partial charge < -0.3 is 50.6 Å². The summed E-state index contributed by atoms with van der Waals surface area (Å²) in [6, 6.07) is 1.45. The number of Topliss-reactive ketones (excluding diaryl/α,β-unsaturated/α-hetero) is 2. The molecule has 1 fully saturated rings. The van der Waals surface area contributed by atoms with E-state index in [1.165, 1.54) is 55.4 Å². The Morgan fingerprint density at radius 3 is 1.96 bits per heavy atom. The van der Waals surface area contributed by atoms with E-state index in [9.17, 15) is 59.4 Å². The van der Waals surface area contributed by atoms with Crippen molar-refractivity contribution in [2.45, 2.75) is 55.5 Å². The lowest BCUT2D eigenvalue weighted by Crippen LogP contribution is -2.70. The minimum atomic E-state index is -3.07. The third-order valence-corrected chi connectivity index (χ3v) is 9.87. The van der Waals surface area contributed by atoms with E-state index in [-0.39, 0.29) is 29.5 Å². The number of hydrogen-bond donors (Lipinski definition) is 7. The zero-order valence-corrected chi connectivity index (χ0v) is 30.4. The van der Waals surface area contributed by atoms with Crippen molar-refractivity contribution in [3.63, 3.8) is 0 Å². The number of ketones is 2. The number of esters is 3. The van der Waals surface area contributed by atoms with Gasteiger partial charge in [-0.25, -0.2) is 0 Å². The number of aromatic hydroxyl groups is 1. The number of hydrogen-bond acceptors (Lipinski definition) is 16. The molecule has 0 aliphatic heterocycles. The Balaban J connectivity index is 1.61. The number of phenols is 1. The molecule has 0 spiro atoms. The molecule has 3 aliphatic carbocycles. The predicted octanol–water partition coefficient (Wildman–Crippen LogP) is 0.412. The minimum absolute atomic E-state index is 0.0409. The molecule has 17 heteroatoms. The zero-order valence-electron chi connectivity index (χ0n) is 30.4. The maximum absolute atomic E-state index is 14.2. The van der Waals surface area contributed by atoms with Crippen molar-refractivity contribution < 1.29 is 73.6 Å². The molecule has 0 radical (unpaired) electrons. The molecule has 3 aliphatic rings. The quantitative estimate of drug-likeness (QED) is 0.0551. The lowest BCUT2D eigenvalue weighted by atomic mass is 9.54. The summed E-state index contributed by atoms with van der Waals surface area (Å²) in [5.41, 5.74) is -1.34. The summed E-state index contributed by atoms with van der Waals surface area (Å²) >= 11 is 0. The molecule has 1 saturated carbocycles. The molecule has 4 rings (SSSR count).